The van der Waals surface area contributed by atoms with Gasteiger partial charge in [-0.1, -0.05) is 51.3 Å². The quantitative estimate of drug-likeness (QED) is 0.0854. The zero-order valence-corrected chi connectivity index (χ0v) is 23.3. The van der Waals surface area contributed by atoms with Crippen molar-refractivity contribution in [3.05, 3.63) is 83.0 Å². The smallest absolute Gasteiger partial charge is 0.366 e. The lowest BCUT2D eigenvalue weighted by Crippen LogP contribution is -2.13. The maximum atomic E-state index is 12.9. The molecule has 0 aliphatic carbocycles. The lowest BCUT2D eigenvalue weighted by molar-refractivity contribution is -0.143. The zero-order valence-electron chi connectivity index (χ0n) is 23.3. The van der Waals surface area contributed by atoms with Crippen LogP contribution in [0.5, 0.6) is 0 Å². The normalized spacial score (nSPS) is 12.4. The number of halogens is 7. The van der Waals surface area contributed by atoms with E-state index >= 15 is 0 Å². The summed E-state index contributed by atoms with van der Waals surface area (Å²) in [5, 5.41) is 0. The molecule has 0 saturated heterocycles. The summed E-state index contributed by atoms with van der Waals surface area (Å²) in [7, 11) is 1.29. The minimum absolute atomic E-state index is 0.0897. The molecule has 0 spiro atoms. The second-order valence-corrected chi connectivity index (χ2v) is 8.45. The summed E-state index contributed by atoms with van der Waals surface area (Å²) < 4.78 is 87.9. The van der Waals surface area contributed by atoms with Crippen LogP contribution in [0.2, 0.25) is 0 Å². The second-order valence-electron chi connectivity index (χ2n) is 8.45. The summed E-state index contributed by atoms with van der Waals surface area (Å²) in [6.07, 6.45) is 2.95. The summed E-state index contributed by atoms with van der Waals surface area (Å²) >= 11 is 0. The number of alkyl halides is 6. The standard InChI is InChI=1S/C12H15FN2O.C11H9F6N.C6H12/c1-2-3-4-5-10(12(14)16)9-6-7-15-11(13)8-9;1-6(18-2)7-3-8(10(12,13)14)5-9(4-7)11(15,16)17;1-3-5-6-4-2/h5-8H,2-4H2,1H3,(H2,14,16);3-5H,1-2H3;3,5H,4,6H2,1-2H3/b10-5-;;5-3+. The molecular formula is C29H36F7N3O. The molecule has 222 valence electrons. The molecule has 2 N–H and O–H groups in total. The summed E-state index contributed by atoms with van der Waals surface area (Å²) in [4.78, 5) is 18.2. The Morgan fingerprint density at radius 1 is 0.950 bits per heavy atom. The predicted octanol–water partition coefficient (Wildman–Crippen LogP) is 8.81. The molecule has 0 atom stereocenters. The van der Waals surface area contributed by atoms with Crippen molar-refractivity contribution in [1.29, 1.82) is 0 Å². The number of carbonyl (C=O) groups is 1. The van der Waals surface area contributed by atoms with E-state index in [9.17, 15) is 35.5 Å². The first-order valence-corrected chi connectivity index (χ1v) is 12.6. The average Bonchev–Trinajstić information content (AvgIpc) is 2.88. The molecular weight excluding hydrogens is 539 g/mol. The molecule has 11 heteroatoms. The monoisotopic (exact) mass is 575 g/mol. The van der Waals surface area contributed by atoms with Crippen LogP contribution in [-0.2, 0) is 17.1 Å². The van der Waals surface area contributed by atoms with E-state index in [1.54, 1.807) is 12.1 Å². The van der Waals surface area contributed by atoms with Crippen LogP contribution < -0.4 is 5.73 Å². The van der Waals surface area contributed by atoms with Crippen molar-refractivity contribution in [1.82, 2.24) is 4.98 Å². The van der Waals surface area contributed by atoms with Crippen LogP contribution in [0.25, 0.3) is 5.57 Å². The van der Waals surface area contributed by atoms with Gasteiger partial charge in [-0.05, 0) is 62.1 Å². The lowest BCUT2D eigenvalue weighted by atomic mass is 10.0. The first kappa shape index (κ1) is 36.5. The van der Waals surface area contributed by atoms with Gasteiger partial charge in [-0.3, -0.25) is 9.79 Å². The third kappa shape index (κ3) is 14.0. The van der Waals surface area contributed by atoms with Crippen LogP contribution in [0, 0.1) is 5.95 Å². The number of carbonyl (C=O) groups excluding carboxylic acids is 1. The van der Waals surface area contributed by atoms with Gasteiger partial charge in [-0.25, -0.2) is 4.98 Å². The highest BCUT2D eigenvalue weighted by molar-refractivity contribution is 6.18. The molecule has 2 aromatic rings. The number of amides is 1. The van der Waals surface area contributed by atoms with Gasteiger partial charge in [0.2, 0.25) is 11.9 Å². The van der Waals surface area contributed by atoms with Gasteiger partial charge >= 0.3 is 12.4 Å². The highest BCUT2D eigenvalue weighted by atomic mass is 19.4. The Morgan fingerprint density at radius 2 is 1.52 bits per heavy atom. The maximum Gasteiger partial charge on any atom is 0.416 e. The molecule has 0 bridgehead atoms. The number of nitrogens with two attached hydrogens (primary N) is 1. The number of benzene rings is 1. The van der Waals surface area contributed by atoms with Crippen molar-refractivity contribution >= 4 is 17.2 Å². The van der Waals surface area contributed by atoms with Gasteiger partial charge < -0.3 is 5.73 Å². The van der Waals surface area contributed by atoms with E-state index in [0.29, 0.717) is 23.3 Å². The van der Waals surface area contributed by atoms with Crippen LogP contribution in [0.3, 0.4) is 0 Å². The van der Waals surface area contributed by atoms with Crippen LogP contribution in [0.4, 0.5) is 30.7 Å². The third-order valence-corrected chi connectivity index (χ3v) is 5.24. The fourth-order valence-electron chi connectivity index (χ4n) is 3.01. The van der Waals surface area contributed by atoms with E-state index in [4.69, 9.17) is 5.73 Å². The van der Waals surface area contributed by atoms with Gasteiger partial charge in [0.05, 0.1) is 11.1 Å². The van der Waals surface area contributed by atoms with Crippen LogP contribution in [0.15, 0.2) is 59.7 Å². The number of hydrogen-bond acceptors (Lipinski definition) is 3. The second kappa shape index (κ2) is 18.0. The fraction of sp³-hybridized carbons (Fsp3) is 0.414. The van der Waals surface area contributed by atoms with Gasteiger partial charge in [0.25, 0.3) is 0 Å². The Kier molecular flexibility index (Phi) is 16.4. The van der Waals surface area contributed by atoms with Crippen molar-refractivity contribution in [2.75, 3.05) is 7.05 Å². The first-order chi connectivity index (χ1) is 18.6. The van der Waals surface area contributed by atoms with E-state index in [1.807, 2.05) is 0 Å². The molecule has 1 aromatic carbocycles. The third-order valence-electron chi connectivity index (χ3n) is 5.24. The van der Waals surface area contributed by atoms with E-state index in [2.05, 4.69) is 42.9 Å². The summed E-state index contributed by atoms with van der Waals surface area (Å²) in [6, 6.07) is 4.18. The summed E-state index contributed by atoms with van der Waals surface area (Å²) in [5.74, 6) is -1.15. The Bertz CT molecular complexity index is 1120. The average molecular weight is 576 g/mol. The van der Waals surface area contributed by atoms with Crippen molar-refractivity contribution < 1.29 is 35.5 Å². The molecule has 1 amide bonds. The molecule has 0 fully saturated rings. The molecule has 0 unspecified atom stereocenters. The van der Waals surface area contributed by atoms with Crippen LogP contribution >= 0.6 is 0 Å². The lowest BCUT2D eigenvalue weighted by Gasteiger charge is -2.14. The molecule has 0 aliphatic rings. The van der Waals surface area contributed by atoms with E-state index in [1.165, 1.54) is 39.1 Å². The topological polar surface area (TPSA) is 68.3 Å². The van der Waals surface area contributed by atoms with E-state index in [-0.39, 0.29) is 17.3 Å². The Morgan fingerprint density at radius 3 is 1.90 bits per heavy atom. The van der Waals surface area contributed by atoms with Crippen molar-refractivity contribution in [2.45, 2.75) is 72.2 Å². The van der Waals surface area contributed by atoms with Gasteiger partial charge in [-0.15, -0.1) is 0 Å². The van der Waals surface area contributed by atoms with Crippen molar-refractivity contribution in [3.8, 4) is 0 Å². The number of hydrogen-bond donors (Lipinski definition) is 1. The SMILES string of the molecule is C/C=C/CCC.CCCC/C=C(\C(N)=O)c1ccnc(F)c1.CN=C(C)c1cc(C(F)(F)F)cc(C(F)(F)F)c1. The number of aromatic nitrogens is 1. The van der Waals surface area contributed by atoms with Crippen molar-refractivity contribution in [3.63, 3.8) is 0 Å². The Hall–Kier alpha value is -3.50. The largest absolute Gasteiger partial charge is 0.416 e. The van der Waals surface area contributed by atoms with Gasteiger partial charge in [-0.2, -0.15) is 30.7 Å². The molecule has 1 aromatic heterocycles. The number of nitrogens with zero attached hydrogens (tertiary/aromatic N) is 2. The highest BCUT2D eigenvalue weighted by Gasteiger charge is 2.37. The van der Waals surface area contributed by atoms with E-state index < -0.39 is 35.3 Å². The highest BCUT2D eigenvalue weighted by Crippen LogP contribution is 2.36. The number of primary amides is 1. The van der Waals surface area contributed by atoms with Crippen LogP contribution in [-0.4, -0.2) is 23.7 Å². The maximum absolute atomic E-state index is 12.9. The van der Waals surface area contributed by atoms with Crippen LogP contribution in [0.1, 0.15) is 82.1 Å². The molecule has 2 rings (SSSR count). The Balaban J connectivity index is 0.000000636. The molecule has 0 aliphatic heterocycles. The number of allylic oxidation sites excluding steroid dienone is 3. The molecule has 1 heterocycles. The first-order valence-electron chi connectivity index (χ1n) is 12.6. The zero-order chi connectivity index (χ0) is 30.9. The summed E-state index contributed by atoms with van der Waals surface area (Å²) in [5.41, 5.74) is 3.32. The minimum atomic E-state index is -4.83. The summed E-state index contributed by atoms with van der Waals surface area (Å²) in [6.45, 7) is 7.63. The molecule has 40 heavy (non-hydrogen) atoms. The number of pyridine rings is 1. The van der Waals surface area contributed by atoms with Crippen molar-refractivity contribution in [2.24, 2.45) is 10.7 Å². The minimum Gasteiger partial charge on any atom is -0.366 e. The molecule has 4 nitrogen and oxygen atoms in total. The van der Waals surface area contributed by atoms with Gasteiger partial charge in [0, 0.05) is 30.6 Å². The molecule has 0 radical (unpaired) electrons. The predicted molar refractivity (Wildman–Crippen MR) is 145 cm³/mol. The fourth-order valence-corrected chi connectivity index (χ4v) is 3.01. The number of aliphatic imine (C=N–C) groups is 1. The number of unbranched alkanes of at least 4 members (excludes halogenated alkanes) is 3. The number of rotatable bonds is 8. The van der Waals surface area contributed by atoms with Gasteiger partial charge in [0.1, 0.15) is 0 Å². The van der Waals surface area contributed by atoms with E-state index in [0.717, 1.165) is 19.3 Å². The van der Waals surface area contributed by atoms with Gasteiger partial charge in [0.15, 0.2) is 0 Å². The Labute approximate surface area is 230 Å². The molecule has 0 saturated carbocycles.